The molecule has 1 heterocycles. The molecule has 0 amide bonds. The van der Waals surface area contributed by atoms with Gasteiger partial charge in [0.05, 0.1) is 4.90 Å². The van der Waals surface area contributed by atoms with E-state index in [1.54, 1.807) is 12.1 Å². The minimum absolute atomic E-state index is 0.0742. The van der Waals surface area contributed by atoms with Crippen molar-refractivity contribution in [1.29, 1.82) is 0 Å². The van der Waals surface area contributed by atoms with Crippen molar-refractivity contribution in [2.45, 2.75) is 11.8 Å². The van der Waals surface area contributed by atoms with Crippen molar-refractivity contribution < 1.29 is 18.3 Å². The fourth-order valence-corrected chi connectivity index (χ4v) is 3.05. The second-order valence-corrected chi connectivity index (χ2v) is 6.30. The summed E-state index contributed by atoms with van der Waals surface area (Å²) in [7, 11) is -3.78. The van der Waals surface area contributed by atoms with Crippen LogP contribution in [0.1, 0.15) is 15.4 Å². The summed E-state index contributed by atoms with van der Waals surface area (Å²) in [6.45, 7) is 1.84. The third-order valence-electron chi connectivity index (χ3n) is 2.16. The van der Waals surface area contributed by atoms with Gasteiger partial charge in [0.15, 0.2) is 0 Å². The lowest BCUT2D eigenvalue weighted by atomic mass is 10.2. The van der Waals surface area contributed by atoms with Crippen molar-refractivity contribution >= 4 is 32.5 Å². The van der Waals surface area contributed by atoms with E-state index in [1.807, 2.05) is 6.92 Å². The maximum absolute atomic E-state index is 12.0. The number of carbonyl (C=O) groups is 1. The van der Waals surface area contributed by atoms with Crippen LogP contribution in [0.15, 0.2) is 29.2 Å². The summed E-state index contributed by atoms with van der Waals surface area (Å²) >= 11 is 0.654. The van der Waals surface area contributed by atoms with E-state index in [1.165, 1.54) is 12.1 Å². The monoisotopic (exact) mass is 299 g/mol. The van der Waals surface area contributed by atoms with Crippen molar-refractivity contribution in [1.82, 2.24) is 10.2 Å². The predicted molar refractivity (Wildman–Crippen MR) is 68.9 cm³/mol. The highest BCUT2D eigenvalue weighted by Crippen LogP contribution is 2.20. The molecule has 2 aromatic rings. The predicted octanol–water partition coefficient (Wildman–Crippen LogP) is 1.35. The second-order valence-electron chi connectivity index (χ2n) is 3.64. The molecule has 0 radical (unpaired) electrons. The summed E-state index contributed by atoms with van der Waals surface area (Å²) in [5, 5.41) is 15.1. The molecule has 19 heavy (non-hydrogen) atoms. The molecule has 0 aliphatic heterocycles. The van der Waals surface area contributed by atoms with Gasteiger partial charge in [-0.3, -0.25) is 4.72 Å². The Hall–Kier alpha value is -2.00. The van der Waals surface area contributed by atoms with E-state index >= 15 is 0 Å². The molecule has 0 spiro atoms. The van der Waals surface area contributed by atoms with Crippen LogP contribution in [-0.2, 0) is 10.0 Å². The average Bonchev–Trinajstić information content (AvgIpc) is 2.77. The van der Waals surface area contributed by atoms with Gasteiger partial charge in [-0.1, -0.05) is 29.0 Å². The van der Waals surface area contributed by atoms with Crippen molar-refractivity contribution in [2.24, 2.45) is 0 Å². The molecule has 0 bridgehead atoms. The zero-order chi connectivity index (χ0) is 14.0. The molecule has 0 saturated carbocycles. The highest BCUT2D eigenvalue weighted by molar-refractivity contribution is 7.93. The first-order chi connectivity index (χ1) is 8.88. The van der Waals surface area contributed by atoms with Crippen LogP contribution in [0.4, 0.5) is 5.13 Å². The van der Waals surface area contributed by atoms with Gasteiger partial charge in [0.25, 0.3) is 10.0 Å². The van der Waals surface area contributed by atoms with E-state index in [4.69, 9.17) is 5.11 Å². The molecule has 0 atom stereocenters. The Kier molecular flexibility index (Phi) is 3.49. The van der Waals surface area contributed by atoms with Gasteiger partial charge in [-0.2, -0.15) is 0 Å². The van der Waals surface area contributed by atoms with Crippen LogP contribution in [0.3, 0.4) is 0 Å². The Morgan fingerprint density at radius 1 is 1.26 bits per heavy atom. The highest BCUT2D eigenvalue weighted by Gasteiger charge is 2.18. The average molecular weight is 299 g/mol. The Labute approximate surface area is 113 Å². The van der Waals surface area contributed by atoms with Crippen molar-refractivity contribution in [3.05, 3.63) is 34.8 Å². The fourth-order valence-electron chi connectivity index (χ4n) is 1.24. The normalized spacial score (nSPS) is 11.2. The largest absolute Gasteiger partial charge is 0.476 e. The zero-order valence-electron chi connectivity index (χ0n) is 9.69. The summed E-state index contributed by atoms with van der Waals surface area (Å²) < 4.78 is 26.1. The maximum atomic E-state index is 12.0. The zero-order valence-corrected chi connectivity index (χ0v) is 11.3. The molecule has 7 nitrogen and oxygen atoms in total. The lowest BCUT2D eigenvalue weighted by Crippen LogP contribution is -2.12. The Morgan fingerprint density at radius 3 is 2.42 bits per heavy atom. The van der Waals surface area contributed by atoms with E-state index in [-0.39, 0.29) is 15.0 Å². The number of aromatic nitrogens is 2. The lowest BCUT2D eigenvalue weighted by Gasteiger charge is -2.04. The topological polar surface area (TPSA) is 109 Å². The quantitative estimate of drug-likeness (QED) is 0.881. The molecule has 0 aliphatic carbocycles. The number of nitrogens with one attached hydrogen (secondary N) is 1. The van der Waals surface area contributed by atoms with E-state index in [9.17, 15) is 13.2 Å². The second kappa shape index (κ2) is 4.94. The van der Waals surface area contributed by atoms with Gasteiger partial charge in [-0.05, 0) is 19.1 Å². The number of aromatic carboxylic acids is 1. The summed E-state index contributed by atoms with van der Waals surface area (Å²) in [6, 6.07) is 6.24. The van der Waals surface area contributed by atoms with Crippen LogP contribution < -0.4 is 4.72 Å². The summed E-state index contributed by atoms with van der Waals surface area (Å²) in [6.07, 6.45) is 0. The van der Waals surface area contributed by atoms with E-state index in [2.05, 4.69) is 14.9 Å². The standard InChI is InChI=1S/C10H9N3O4S2/c1-6-2-4-7(5-3-6)19(16,17)13-10-12-11-8(18-10)9(14)15/h2-5H,1H3,(H,12,13)(H,14,15). The third kappa shape index (κ3) is 3.06. The van der Waals surface area contributed by atoms with Gasteiger partial charge >= 0.3 is 5.97 Å². The minimum atomic E-state index is -3.78. The van der Waals surface area contributed by atoms with Crippen LogP contribution in [0.25, 0.3) is 0 Å². The number of nitrogens with zero attached hydrogens (tertiary/aromatic N) is 2. The number of carboxylic acid groups (broad SMARTS) is 1. The SMILES string of the molecule is Cc1ccc(S(=O)(=O)Nc2nnc(C(=O)O)s2)cc1. The molecule has 2 rings (SSSR count). The molecule has 1 aromatic carbocycles. The maximum Gasteiger partial charge on any atom is 0.367 e. The minimum Gasteiger partial charge on any atom is -0.476 e. The number of aryl methyl sites for hydroxylation is 1. The van der Waals surface area contributed by atoms with Crippen molar-refractivity contribution in [2.75, 3.05) is 4.72 Å². The van der Waals surface area contributed by atoms with Gasteiger partial charge in [-0.15, -0.1) is 10.2 Å². The molecule has 100 valence electrons. The van der Waals surface area contributed by atoms with Crippen LogP contribution in [0.5, 0.6) is 0 Å². The number of rotatable bonds is 4. The summed E-state index contributed by atoms with van der Waals surface area (Å²) in [4.78, 5) is 10.7. The van der Waals surface area contributed by atoms with Crippen LogP contribution in [-0.4, -0.2) is 29.7 Å². The molecule has 1 aromatic heterocycles. The van der Waals surface area contributed by atoms with Gasteiger partial charge in [-0.25, -0.2) is 13.2 Å². The molecule has 0 unspecified atom stereocenters. The molecule has 2 N–H and O–H groups in total. The first-order valence-corrected chi connectivity index (χ1v) is 7.35. The Balaban J connectivity index is 2.25. The summed E-state index contributed by atoms with van der Waals surface area (Å²) in [5.41, 5.74) is 0.933. The van der Waals surface area contributed by atoms with Crippen molar-refractivity contribution in [3.63, 3.8) is 0 Å². The van der Waals surface area contributed by atoms with E-state index < -0.39 is 16.0 Å². The molecule has 0 saturated heterocycles. The smallest absolute Gasteiger partial charge is 0.367 e. The lowest BCUT2D eigenvalue weighted by molar-refractivity contribution is 0.0695. The highest BCUT2D eigenvalue weighted by atomic mass is 32.2. The summed E-state index contributed by atoms with van der Waals surface area (Å²) in [5.74, 6) is -1.25. The molecular weight excluding hydrogens is 290 g/mol. The van der Waals surface area contributed by atoms with E-state index in [0.29, 0.717) is 11.3 Å². The van der Waals surface area contributed by atoms with E-state index in [0.717, 1.165) is 5.56 Å². The van der Waals surface area contributed by atoms with Gasteiger partial charge in [0.1, 0.15) is 0 Å². The number of sulfonamides is 1. The number of benzene rings is 1. The molecular formula is C10H9N3O4S2. The van der Waals surface area contributed by atoms with Crippen LogP contribution in [0.2, 0.25) is 0 Å². The van der Waals surface area contributed by atoms with Crippen LogP contribution in [0, 0.1) is 6.92 Å². The molecule has 0 fully saturated rings. The van der Waals surface area contributed by atoms with Gasteiger partial charge in [0, 0.05) is 0 Å². The fraction of sp³-hybridized carbons (Fsp3) is 0.100. The van der Waals surface area contributed by atoms with Gasteiger partial charge in [0.2, 0.25) is 10.1 Å². The number of hydrogen-bond donors (Lipinski definition) is 2. The first-order valence-electron chi connectivity index (χ1n) is 5.05. The first kappa shape index (κ1) is 13.4. The number of hydrogen-bond acceptors (Lipinski definition) is 6. The number of anilines is 1. The molecule has 9 heteroatoms. The Bertz CT molecular complexity index is 707. The van der Waals surface area contributed by atoms with Crippen LogP contribution >= 0.6 is 11.3 Å². The third-order valence-corrected chi connectivity index (χ3v) is 4.47. The number of carboxylic acids is 1. The van der Waals surface area contributed by atoms with Gasteiger partial charge < -0.3 is 5.11 Å². The molecule has 0 aliphatic rings. The Morgan fingerprint density at radius 2 is 1.89 bits per heavy atom. The van der Waals surface area contributed by atoms with Crippen molar-refractivity contribution in [3.8, 4) is 0 Å².